The van der Waals surface area contributed by atoms with Crippen LogP contribution in [-0.4, -0.2) is 26.9 Å². The molecule has 0 radical (unpaired) electrons. The average molecular weight is 259 g/mol. The van der Waals surface area contributed by atoms with Gasteiger partial charge in [-0.15, -0.1) is 0 Å². The zero-order valence-corrected chi connectivity index (χ0v) is 10.0. The number of halogens is 1. The molecule has 0 atom stereocenters. The van der Waals surface area contributed by atoms with Gasteiger partial charge in [0, 0.05) is 18.9 Å². The van der Waals surface area contributed by atoms with Crippen LogP contribution in [0.5, 0.6) is 0 Å². The molecular formula is C11H14FNO3S. The second kappa shape index (κ2) is 4.62. The molecular weight excluding hydrogens is 245 g/mol. The molecule has 0 spiro atoms. The van der Waals surface area contributed by atoms with Crippen LogP contribution in [-0.2, 0) is 14.6 Å². The second-order valence-electron chi connectivity index (χ2n) is 4.08. The van der Waals surface area contributed by atoms with Gasteiger partial charge >= 0.3 is 0 Å². The Morgan fingerprint density at radius 3 is 2.47 bits per heavy atom. The molecule has 2 N–H and O–H groups in total. The lowest BCUT2D eigenvalue weighted by atomic mass is 10.2. The van der Waals surface area contributed by atoms with Crippen molar-refractivity contribution in [3.63, 3.8) is 0 Å². The van der Waals surface area contributed by atoms with Gasteiger partial charge in [-0.3, -0.25) is 0 Å². The topological polar surface area (TPSA) is 69.4 Å². The Morgan fingerprint density at radius 2 is 1.88 bits per heavy atom. The molecule has 4 nitrogen and oxygen atoms in total. The van der Waals surface area contributed by atoms with E-state index in [4.69, 9.17) is 10.5 Å². The van der Waals surface area contributed by atoms with Crippen LogP contribution in [0.15, 0.2) is 23.1 Å². The Bertz CT molecular complexity index is 489. The first kappa shape index (κ1) is 12.3. The fourth-order valence-corrected chi connectivity index (χ4v) is 3.70. The fraction of sp³-hybridized carbons (Fsp3) is 0.455. The Labute approximate surface area is 99.5 Å². The predicted octanol–water partition coefficient (Wildman–Crippen LogP) is 1.36. The summed E-state index contributed by atoms with van der Waals surface area (Å²) in [6, 6.07) is 3.41. The third-order valence-electron chi connectivity index (χ3n) is 2.83. The molecule has 1 fully saturated rings. The summed E-state index contributed by atoms with van der Waals surface area (Å²) in [6.45, 7) is 0.851. The van der Waals surface area contributed by atoms with Gasteiger partial charge in [0.25, 0.3) is 0 Å². The lowest BCUT2D eigenvalue weighted by molar-refractivity contribution is 0.0983. The molecule has 2 rings (SSSR count). The van der Waals surface area contributed by atoms with Gasteiger partial charge in [0.15, 0.2) is 9.84 Å². The zero-order chi connectivity index (χ0) is 12.5. The number of nitrogens with two attached hydrogens (primary N) is 1. The summed E-state index contributed by atoms with van der Waals surface area (Å²) in [7, 11) is -3.51. The first-order chi connectivity index (χ1) is 8.00. The Hall–Kier alpha value is -1.14. The number of nitrogen functional groups attached to an aromatic ring is 1. The average Bonchev–Trinajstić information content (AvgIpc) is 2.29. The summed E-state index contributed by atoms with van der Waals surface area (Å²) in [4.78, 5) is -0.0399. The van der Waals surface area contributed by atoms with E-state index < -0.39 is 20.9 Å². The molecule has 17 heavy (non-hydrogen) atoms. The third-order valence-corrected chi connectivity index (χ3v) is 5.07. The maximum Gasteiger partial charge on any atom is 0.181 e. The van der Waals surface area contributed by atoms with Crippen molar-refractivity contribution >= 4 is 15.5 Å². The Balaban J connectivity index is 2.36. The lowest BCUT2D eigenvalue weighted by Crippen LogP contribution is -2.29. The quantitative estimate of drug-likeness (QED) is 0.814. The minimum atomic E-state index is -3.51. The van der Waals surface area contributed by atoms with Gasteiger partial charge in [-0.05, 0) is 31.0 Å². The van der Waals surface area contributed by atoms with Crippen molar-refractivity contribution in [2.75, 3.05) is 18.9 Å². The zero-order valence-electron chi connectivity index (χ0n) is 9.23. The monoisotopic (exact) mass is 259 g/mol. The number of sulfone groups is 1. The number of rotatable bonds is 2. The lowest BCUT2D eigenvalue weighted by Gasteiger charge is -2.22. The number of ether oxygens (including phenoxy) is 1. The van der Waals surface area contributed by atoms with Gasteiger partial charge in [-0.1, -0.05) is 0 Å². The van der Waals surface area contributed by atoms with Crippen molar-refractivity contribution in [2.45, 2.75) is 23.0 Å². The third kappa shape index (κ3) is 2.58. The van der Waals surface area contributed by atoms with Crippen LogP contribution < -0.4 is 5.73 Å². The highest BCUT2D eigenvalue weighted by Gasteiger charge is 2.29. The number of hydrogen-bond donors (Lipinski definition) is 1. The van der Waals surface area contributed by atoms with E-state index >= 15 is 0 Å². The summed E-state index contributed by atoms with van der Waals surface area (Å²) < 4.78 is 42.7. The summed E-state index contributed by atoms with van der Waals surface area (Å²) in [5.74, 6) is -0.629. The van der Waals surface area contributed by atoms with Crippen molar-refractivity contribution in [3.8, 4) is 0 Å². The van der Waals surface area contributed by atoms with E-state index in [-0.39, 0.29) is 10.6 Å². The van der Waals surface area contributed by atoms with Gasteiger partial charge in [0.05, 0.1) is 10.1 Å². The molecule has 94 valence electrons. The molecule has 0 unspecified atom stereocenters. The normalized spacial score (nSPS) is 18.2. The molecule has 0 aromatic heterocycles. The summed E-state index contributed by atoms with van der Waals surface area (Å²) in [6.07, 6.45) is 0.886. The van der Waals surface area contributed by atoms with Gasteiger partial charge in [0.1, 0.15) is 5.82 Å². The van der Waals surface area contributed by atoms with Crippen molar-refractivity contribution in [3.05, 3.63) is 24.0 Å². The van der Waals surface area contributed by atoms with E-state index in [1.807, 2.05) is 0 Å². The van der Waals surface area contributed by atoms with Crippen molar-refractivity contribution in [1.82, 2.24) is 0 Å². The van der Waals surface area contributed by atoms with Crippen molar-refractivity contribution < 1.29 is 17.5 Å². The molecule has 1 aliphatic rings. The maximum atomic E-state index is 13.2. The summed E-state index contributed by atoms with van der Waals surface area (Å²) in [5.41, 5.74) is 5.58. The van der Waals surface area contributed by atoms with E-state index in [2.05, 4.69) is 0 Å². The molecule has 6 heteroatoms. The number of anilines is 1. The van der Waals surface area contributed by atoms with Crippen LogP contribution in [0.4, 0.5) is 10.1 Å². The predicted molar refractivity (Wildman–Crippen MR) is 61.8 cm³/mol. The van der Waals surface area contributed by atoms with Gasteiger partial charge in [0.2, 0.25) is 0 Å². The van der Waals surface area contributed by atoms with Crippen LogP contribution in [0, 0.1) is 5.82 Å². The van der Waals surface area contributed by atoms with E-state index in [9.17, 15) is 12.8 Å². The van der Waals surface area contributed by atoms with Crippen LogP contribution in [0.25, 0.3) is 0 Å². The van der Waals surface area contributed by atoms with Crippen LogP contribution in [0.3, 0.4) is 0 Å². The highest BCUT2D eigenvalue weighted by Crippen LogP contribution is 2.25. The molecule has 0 amide bonds. The van der Waals surface area contributed by atoms with E-state index in [0.29, 0.717) is 26.1 Å². The first-order valence-electron chi connectivity index (χ1n) is 5.38. The molecule has 0 saturated carbocycles. The molecule has 1 aliphatic heterocycles. The standard InChI is InChI=1S/C11H14FNO3S/c12-8-5-9(13)7-11(6-8)17(14,15)10-1-3-16-4-2-10/h5-7,10H,1-4,13H2. The minimum absolute atomic E-state index is 0.0399. The Morgan fingerprint density at radius 1 is 1.24 bits per heavy atom. The molecule has 1 heterocycles. The van der Waals surface area contributed by atoms with Crippen LogP contribution >= 0.6 is 0 Å². The number of hydrogen-bond acceptors (Lipinski definition) is 4. The van der Waals surface area contributed by atoms with E-state index in [0.717, 1.165) is 12.1 Å². The minimum Gasteiger partial charge on any atom is -0.399 e. The molecule has 1 aromatic rings. The Kier molecular flexibility index (Phi) is 3.35. The van der Waals surface area contributed by atoms with Crippen molar-refractivity contribution in [2.24, 2.45) is 0 Å². The van der Waals surface area contributed by atoms with Crippen molar-refractivity contribution in [1.29, 1.82) is 0 Å². The van der Waals surface area contributed by atoms with Gasteiger partial charge in [-0.25, -0.2) is 12.8 Å². The smallest absolute Gasteiger partial charge is 0.181 e. The second-order valence-corrected chi connectivity index (χ2v) is 6.31. The van der Waals surface area contributed by atoms with Crippen LogP contribution in [0.2, 0.25) is 0 Å². The molecule has 1 saturated heterocycles. The SMILES string of the molecule is Nc1cc(F)cc(S(=O)(=O)C2CCOCC2)c1. The van der Waals surface area contributed by atoms with Gasteiger partial charge < -0.3 is 10.5 Å². The fourth-order valence-electron chi connectivity index (χ4n) is 1.93. The largest absolute Gasteiger partial charge is 0.399 e. The number of benzene rings is 1. The van der Waals surface area contributed by atoms with E-state index in [1.54, 1.807) is 0 Å². The molecule has 0 bridgehead atoms. The first-order valence-corrected chi connectivity index (χ1v) is 6.92. The molecule has 0 aliphatic carbocycles. The highest BCUT2D eigenvalue weighted by atomic mass is 32.2. The molecule has 1 aromatic carbocycles. The summed E-state index contributed by atoms with van der Waals surface area (Å²) >= 11 is 0. The van der Waals surface area contributed by atoms with Crippen LogP contribution in [0.1, 0.15) is 12.8 Å². The van der Waals surface area contributed by atoms with Gasteiger partial charge in [-0.2, -0.15) is 0 Å². The van der Waals surface area contributed by atoms with E-state index in [1.165, 1.54) is 6.07 Å². The summed E-state index contributed by atoms with van der Waals surface area (Å²) in [5, 5.41) is -0.502. The highest BCUT2D eigenvalue weighted by molar-refractivity contribution is 7.92. The maximum absolute atomic E-state index is 13.2.